The Balaban J connectivity index is 1.09. The molecule has 0 bridgehead atoms. The highest BCUT2D eigenvalue weighted by atomic mass is 16.5. The fraction of sp³-hybridized carbons (Fsp3) is 0.457. The van der Waals surface area contributed by atoms with Crippen LogP contribution in [0.5, 0.6) is 11.6 Å². The third kappa shape index (κ3) is 6.74. The Morgan fingerprint density at radius 3 is 2.39 bits per heavy atom. The minimum atomic E-state index is -0.968. The molecular formula is C35H42N4O5. The van der Waals surface area contributed by atoms with Crippen LogP contribution >= 0.6 is 0 Å². The number of amides is 2. The molecule has 0 radical (unpaired) electrons. The molecule has 9 nitrogen and oxygen atoms in total. The lowest BCUT2D eigenvalue weighted by Gasteiger charge is -2.39. The second-order valence-electron chi connectivity index (χ2n) is 12.4. The number of carboxylic acids is 1. The Morgan fingerprint density at radius 2 is 1.70 bits per heavy atom. The van der Waals surface area contributed by atoms with Crippen LogP contribution in [0.1, 0.15) is 64.5 Å². The number of hydrogen-bond acceptors (Lipinski definition) is 6. The van der Waals surface area contributed by atoms with Crippen molar-refractivity contribution in [1.82, 2.24) is 19.7 Å². The van der Waals surface area contributed by atoms with Gasteiger partial charge in [-0.2, -0.15) is 0 Å². The lowest BCUT2D eigenvalue weighted by molar-refractivity contribution is 0.0574. The average Bonchev–Trinajstić information content (AvgIpc) is 3.35. The highest BCUT2D eigenvalue weighted by molar-refractivity contribution is 5.87. The summed E-state index contributed by atoms with van der Waals surface area (Å²) in [6.45, 7) is 9.94. The number of carbonyl (C=O) groups is 2. The van der Waals surface area contributed by atoms with E-state index in [1.54, 1.807) is 12.1 Å². The predicted molar refractivity (Wildman–Crippen MR) is 167 cm³/mol. The van der Waals surface area contributed by atoms with E-state index in [2.05, 4.69) is 56.9 Å². The van der Waals surface area contributed by atoms with Gasteiger partial charge in [0.2, 0.25) is 5.88 Å². The van der Waals surface area contributed by atoms with Crippen molar-refractivity contribution < 1.29 is 24.2 Å². The summed E-state index contributed by atoms with van der Waals surface area (Å²) in [6.07, 6.45) is 3.94. The van der Waals surface area contributed by atoms with Crippen LogP contribution in [0, 0.1) is 19.8 Å². The minimum Gasteiger partial charge on any atom is -0.478 e. The van der Waals surface area contributed by atoms with Crippen LogP contribution in [0.25, 0.3) is 0 Å². The van der Waals surface area contributed by atoms with Crippen LogP contribution < -0.4 is 4.74 Å². The van der Waals surface area contributed by atoms with E-state index in [1.807, 2.05) is 13.0 Å². The smallest absolute Gasteiger partial charge is 0.335 e. The number of likely N-dealkylation sites (tertiary alicyclic amines) is 1. The zero-order chi connectivity index (χ0) is 30.6. The van der Waals surface area contributed by atoms with Crippen molar-refractivity contribution >= 4 is 12.0 Å². The molecule has 3 aliphatic rings. The fourth-order valence-corrected chi connectivity index (χ4v) is 6.86. The Hall–Kier alpha value is -3.95. The number of rotatable bonds is 9. The topological polar surface area (TPSA) is 95.4 Å². The van der Waals surface area contributed by atoms with Gasteiger partial charge in [-0.05, 0) is 86.4 Å². The highest BCUT2D eigenvalue weighted by Crippen LogP contribution is 2.37. The van der Waals surface area contributed by atoms with Crippen molar-refractivity contribution in [3.05, 3.63) is 88.6 Å². The molecule has 0 aliphatic carbocycles. The van der Waals surface area contributed by atoms with Crippen molar-refractivity contribution in [2.24, 2.45) is 5.92 Å². The van der Waals surface area contributed by atoms with Gasteiger partial charge in [-0.3, -0.25) is 4.90 Å². The maximum Gasteiger partial charge on any atom is 0.335 e. The molecule has 3 saturated heterocycles. The van der Waals surface area contributed by atoms with Gasteiger partial charge in [-0.1, -0.05) is 30.3 Å². The van der Waals surface area contributed by atoms with Crippen LogP contribution in [0.3, 0.4) is 0 Å². The summed E-state index contributed by atoms with van der Waals surface area (Å²) in [5.74, 6) is 0.569. The van der Waals surface area contributed by atoms with E-state index in [4.69, 9.17) is 14.6 Å². The molecule has 1 N–H and O–H groups in total. The van der Waals surface area contributed by atoms with Crippen LogP contribution in [0.2, 0.25) is 0 Å². The molecule has 1 aromatic heterocycles. The minimum absolute atomic E-state index is 0.0828. The van der Waals surface area contributed by atoms with Gasteiger partial charge >= 0.3 is 12.0 Å². The first-order chi connectivity index (χ1) is 21.4. The van der Waals surface area contributed by atoms with Crippen LogP contribution in [-0.2, 0) is 11.3 Å². The summed E-state index contributed by atoms with van der Waals surface area (Å²) in [5, 5.41) is 9.10. The number of nitrogens with zero attached hydrogens (tertiary/aromatic N) is 4. The van der Waals surface area contributed by atoms with E-state index < -0.39 is 5.97 Å². The number of carbonyl (C=O) groups excluding carboxylic acids is 1. The molecule has 0 unspecified atom stereocenters. The Labute approximate surface area is 259 Å². The largest absolute Gasteiger partial charge is 0.478 e. The molecule has 232 valence electrons. The van der Waals surface area contributed by atoms with Gasteiger partial charge in [-0.15, -0.1) is 0 Å². The molecule has 2 aromatic carbocycles. The molecule has 9 heteroatoms. The normalized spacial score (nSPS) is 20.3. The lowest BCUT2D eigenvalue weighted by Crippen LogP contribution is -2.47. The summed E-state index contributed by atoms with van der Waals surface area (Å²) in [6, 6.07) is 19.2. The molecule has 0 saturated carbocycles. The third-order valence-electron chi connectivity index (χ3n) is 9.43. The maximum absolute atomic E-state index is 14.0. The standard InChI is InChI=1S/C35H42N4O5/c1-24-5-3-4-6-31(24)32-23-38(21-26-15-19-43-20-16-26)35(42)39(32)29-13-17-37(18-14-29)22-28-9-12-33(36-25(28)2)44-30-10-7-27(8-11-30)34(40)41/h3-12,26,29,32H,13-23H2,1-2H3,(H,40,41)/t32-/m0/s1. The number of benzene rings is 2. The Kier molecular flexibility index (Phi) is 9.14. The fourth-order valence-electron chi connectivity index (χ4n) is 6.86. The van der Waals surface area contributed by atoms with Gasteiger partial charge in [0, 0.05) is 63.7 Å². The monoisotopic (exact) mass is 598 g/mol. The van der Waals surface area contributed by atoms with E-state index in [0.717, 1.165) is 82.9 Å². The van der Waals surface area contributed by atoms with E-state index >= 15 is 0 Å². The van der Waals surface area contributed by atoms with E-state index in [0.29, 0.717) is 17.5 Å². The second kappa shape index (κ2) is 13.4. The third-order valence-corrected chi connectivity index (χ3v) is 9.43. The second-order valence-corrected chi connectivity index (χ2v) is 12.4. The van der Waals surface area contributed by atoms with Crippen LogP contribution in [0.4, 0.5) is 4.79 Å². The van der Waals surface area contributed by atoms with Gasteiger partial charge in [0.15, 0.2) is 0 Å². The first kappa shape index (κ1) is 30.1. The number of carboxylic acid groups (broad SMARTS) is 1. The average molecular weight is 599 g/mol. The van der Waals surface area contributed by atoms with Crippen molar-refractivity contribution in [2.75, 3.05) is 39.4 Å². The molecule has 6 rings (SSSR count). The number of aryl methyl sites for hydroxylation is 2. The summed E-state index contributed by atoms with van der Waals surface area (Å²) in [4.78, 5) is 36.5. The number of urea groups is 1. The quantitative estimate of drug-likeness (QED) is 0.320. The summed E-state index contributed by atoms with van der Waals surface area (Å²) >= 11 is 0. The van der Waals surface area contributed by atoms with Gasteiger partial charge in [0.05, 0.1) is 11.6 Å². The zero-order valence-corrected chi connectivity index (χ0v) is 25.7. The molecule has 0 spiro atoms. The Bertz CT molecular complexity index is 1460. The molecule has 1 atom stereocenters. The Morgan fingerprint density at radius 1 is 0.977 bits per heavy atom. The number of hydrogen-bond donors (Lipinski definition) is 1. The number of pyridine rings is 1. The van der Waals surface area contributed by atoms with Crippen LogP contribution in [-0.4, -0.2) is 82.2 Å². The molecule has 3 fully saturated rings. The molecule has 4 heterocycles. The van der Waals surface area contributed by atoms with E-state index in [1.165, 1.54) is 23.3 Å². The molecule has 44 heavy (non-hydrogen) atoms. The molecule has 3 aliphatic heterocycles. The number of ether oxygens (including phenoxy) is 2. The van der Waals surface area contributed by atoms with Gasteiger partial charge in [-0.25, -0.2) is 14.6 Å². The number of aromatic carboxylic acids is 1. The SMILES string of the molecule is Cc1ccccc1[C@@H]1CN(CC2CCOCC2)C(=O)N1C1CCN(Cc2ccc(Oc3ccc(C(=O)O)cc3)nc2C)CC1. The van der Waals surface area contributed by atoms with Crippen molar-refractivity contribution in [1.29, 1.82) is 0 Å². The van der Waals surface area contributed by atoms with E-state index in [-0.39, 0.29) is 23.7 Å². The summed E-state index contributed by atoms with van der Waals surface area (Å²) in [5.41, 5.74) is 4.78. The molecule has 2 amide bonds. The lowest BCUT2D eigenvalue weighted by atomic mass is 9.96. The van der Waals surface area contributed by atoms with E-state index in [9.17, 15) is 9.59 Å². The van der Waals surface area contributed by atoms with Gasteiger partial charge < -0.3 is 24.4 Å². The molecule has 3 aromatic rings. The van der Waals surface area contributed by atoms with Crippen molar-refractivity contribution in [3.63, 3.8) is 0 Å². The van der Waals surface area contributed by atoms with Gasteiger partial charge in [0.1, 0.15) is 5.75 Å². The predicted octanol–water partition coefficient (Wildman–Crippen LogP) is 6.06. The zero-order valence-electron chi connectivity index (χ0n) is 25.7. The first-order valence-electron chi connectivity index (χ1n) is 15.8. The van der Waals surface area contributed by atoms with Crippen molar-refractivity contribution in [3.8, 4) is 11.6 Å². The first-order valence-corrected chi connectivity index (χ1v) is 15.8. The summed E-state index contributed by atoms with van der Waals surface area (Å²) in [7, 11) is 0. The number of piperidine rings is 1. The van der Waals surface area contributed by atoms with Crippen molar-refractivity contribution in [2.45, 2.75) is 58.2 Å². The number of aromatic nitrogens is 1. The van der Waals surface area contributed by atoms with Gasteiger partial charge in [0.25, 0.3) is 0 Å². The van der Waals surface area contributed by atoms with Crippen LogP contribution in [0.15, 0.2) is 60.7 Å². The maximum atomic E-state index is 14.0. The molecular weight excluding hydrogens is 556 g/mol. The summed E-state index contributed by atoms with van der Waals surface area (Å²) < 4.78 is 11.4. The highest BCUT2D eigenvalue weighted by Gasteiger charge is 2.43.